The molecule has 2 aromatic carbocycles. The van der Waals surface area contributed by atoms with Crippen LogP contribution in [0.5, 0.6) is 0 Å². The molecule has 2 N–H and O–H groups in total. The maximum Gasteiger partial charge on any atom is 0.307 e. The van der Waals surface area contributed by atoms with E-state index in [-0.39, 0.29) is 27.4 Å². The summed E-state index contributed by atoms with van der Waals surface area (Å²) in [4.78, 5) is 13.8. The van der Waals surface area contributed by atoms with E-state index in [0.29, 0.717) is 21.7 Å². The minimum absolute atomic E-state index is 0.190. The Morgan fingerprint density at radius 1 is 1.17 bits per heavy atom. The summed E-state index contributed by atoms with van der Waals surface area (Å²) in [7, 11) is 0. The first-order chi connectivity index (χ1) is 10.9. The molecule has 0 saturated heterocycles. The molecule has 0 amide bonds. The second-order valence-corrected chi connectivity index (χ2v) is 6.23. The number of hydrogen-bond donors (Lipinski definition) is 2. The molecule has 3 rings (SSSR count). The Morgan fingerprint density at radius 3 is 2.43 bits per heavy atom. The van der Waals surface area contributed by atoms with E-state index in [0.717, 1.165) is 0 Å². The van der Waals surface area contributed by atoms with Gasteiger partial charge in [-0.1, -0.05) is 34.8 Å². The van der Waals surface area contributed by atoms with Crippen LogP contribution in [0.2, 0.25) is 15.1 Å². The number of carboxylic acids is 1. The molecule has 0 saturated carbocycles. The molecule has 0 fully saturated rings. The maximum atomic E-state index is 15.0. The van der Waals surface area contributed by atoms with Crippen LogP contribution in [0.15, 0.2) is 30.5 Å². The molecule has 0 bridgehead atoms. The summed E-state index contributed by atoms with van der Waals surface area (Å²) in [6.07, 6.45) is 1.19. The molecule has 1 aromatic heterocycles. The number of benzene rings is 2. The highest BCUT2D eigenvalue weighted by atomic mass is 35.5. The van der Waals surface area contributed by atoms with Gasteiger partial charge in [0.05, 0.1) is 16.5 Å². The predicted molar refractivity (Wildman–Crippen MR) is 90.1 cm³/mol. The summed E-state index contributed by atoms with van der Waals surface area (Å²) in [5.74, 6) is -1.62. The zero-order valence-electron chi connectivity index (χ0n) is 11.5. The van der Waals surface area contributed by atoms with Gasteiger partial charge >= 0.3 is 5.97 Å². The number of aliphatic carboxylic acids is 1. The van der Waals surface area contributed by atoms with Gasteiger partial charge in [0.1, 0.15) is 5.82 Å². The van der Waals surface area contributed by atoms with Crippen molar-refractivity contribution in [3.63, 3.8) is 0 Å². The molecule has 23 heavy (non-hydrogen) atoms. The van der Waals surface area contributed by atoms with Crippen molar-refractivity contribution in [3.8, 4) is 11.1 Å². The van der Waals surface area contributed by atoms with Gasteiger partial charge in [0.15, 0.2) is 0 Å². The molecule has 0 atom stereocenters. The molecule has 7 heteroatoms. The third-order valence-electron chi connectivity index (χ3n) is 3.48. The molecule has 0 unspecified atom stereocenters. The predicted octanol–water partition coefficient (Wildman–Crippen LogP) is 5.56. The van der Waals surface area contributed by atoms with Crippen LogP contribution in [-0.4, -0.2) is 16.1 Å². The zero-order chi connectivity index (χ0) is 16.7. The Hall–Kier alpha value is -1.75. The van der Waals surface area contributed by atoms with Crippen molar-refractivity contribution >= 4 is 51.7 Å². The third-order valence-corrected chi connectivity index (χ3v) is 4.30. The van der Waals surface area contributed by atoms with Crippen LogP contribution in [0.1, 0.15) is 5.56 Å². The Labute approximate surface area is 145 Å². The Morgan fingerprint density at radius 2 is 1.83 bits per heavy atom. The Bertz CT molecular complexity index is 913. The molecule has 0 aliphatic rings. The minimum atomic E-state index is -1.04. The van der Waals surface area contributed by atoms with E-state index in [1.54, 1.807) is 12.1 Å². The van der Waals surface area contributed by atoms with E-state index >= 15 is 0 Å². The summed E-state index contributed by atoms with van der Waals surface area (Å²) in [5.41, 5.74) is 1.37. The second-order valence-electron chi connectivity index (χ2n) is 4.98. The average molecular weight is 373 g/mol. The van der Waals surface area contributed by atoms with E-state index in [9.17, 15) is 9.18 Å². The van der Waals surface area contributed by atoms with E-state index in [1.807, 2.05) is 0 Å². The molecule has 0 aliphatic carbocycles. The van der Waals surface area contributed by atoms with E-state index in [4.69, 9.17) is 39.9 Å². The number of halogens is 4. The topological polar surface area (TPSA) is 53.1 Å². The number of rotatable bonds is 3. The van der Waals surface area contributed by atoms with E-state index in [2.05, 4.69) is 4.98 Å². The lowest BCUT2D eigenvalue weighted by atomic mass is 10.0. The highest BCUT2D eigenvalue weighted by Crippen LogP contribution is 2.40. The van der Waals surface area contributed by atoms with Crippen molar-refractivity contribution in [2.75, 3.05) is 0 Å². The number of H-pyrrole nitrogens is 1. The Kier molecular flexibility index (Phi) is 4.23. The number of carboxylic acid groups (broad SMARTS) is 1. The first kappa shape index (κ1) is 16.1. The van der Waals surface area contributed by atoms with Crippen LogP contribution in [0.25, 0.3) is 22.0 Å². The van der Waals surface area contributed by atoms with Gasteiger partial charge in [-0.05, 0) is 29.8 Å². The van der Waals surface area contributed by atoms with Gasteiger partial charge in [-0.3, -0.25) is 4.79 Å². The van der Waals surface area contributed by atoms with Crippen LogP contribution in [0.3, 0.4) is 0 Å². The third kappa shape index (κ3) is 2.90. The van der Waals surface area contributed by atoms with Gasteiger partial charge in [0.25, 0.3) is 0 Å². The number of aromatic amines is 1. The van der Waals surface area contributed by atoms with Crippen molar-refractivity contribution in [1.29, 1.82) is 0 Å². The molecule has 3 aromatic rings. The van der Waals surface area contributed by atoms with Crippen molar-refractivity contribution in [2.24, 2.45) is 0 Å². The van der Waals surface area contributed by atoms with Crippen molar-refractivity contribution in [3.05, 3.63) is 56.9 Å². The van der Waals surface area contributed by atoms with Gasteiger partial charge in [-0.15, -0.1) is 0 Å². The van der Waals surface area contributed by atoms with Gasteiger partial charge in [-0.2, -0.15) is 0 Å². The fourth-order valence-electron chi connectivity index (χ4n) is 2.54. The van der Waals surface area contributed by atoms with Crippen LogP contribution in [0.4, 0.5) is 4.39 Å². The number of aromatic nitrogens is 1. The lowest BCUT2D eigenvalue weighted by Crippen LogP contribution is -2.00. The molecule has 0 spiro atoms. The van der Waals surface area contributed by atoms with E-state index in [1.165, 1.54) is 18.3 Å². The monoisotopic (exact) mass is 371 g/mol. The maximum absolute atomic E-state index is 15.0. The van der Waals surface area contributed by atoms with Crippen LogP contribution in [0, 0.1) is 5.82 Å². The van der Waals surface area contributed by atoms with Crippen LogP contribution < -0.4 is 0 Å². The molecule has 3 nitrogen and oxygen atoms in total. The van der Waals surface area contributed by atoms with Gasteiger partial charge < -0.3 is 10.1 Å². The van der Waals surface area contributed by atoms with E-state index < -0.39 is 11.8 Å². The number of fused-ring (bicyclic) bond motifs is 1. The summed E-state index contributed by atoms with van der Waals surface area (Å²) in [6.45, 7) is 0. The van der Waals surface area contributed by atoms with Crippen molar-refractivity contribution < 1.29 is 14.3 Å². The SMILES string of the molecule is O=C(O)Cc1c[nH]c2ccc(-c3c(Cl)cc(Cl)cc3Cl)c(F)c12. The van der Waals surface area contributed by atoms with Gasteiger partial charge in [-0.25, -0.2) is 4.39 Å². The fraction of sp³-hybridized carbons (Fsp3) is 0.0625. The molecular weight excluding hydrogens is 364 g/mol. The number of carbonyl (C=O) groups is 1. The summed E-state index contributed by atoms with van der Waals surface area (Å²) >= 11 is 18.2. The Balaban J connectivity index is 2.28. The summed E-state index contributed by atoms with van der Waals surface area (Å²) in [6, 6.07) is 6.15. The second kappa shape index (κ2) is 6.04. The highest BCUT2D eigenvalue weighted by Gasteiger charge is 2.19. The lowest BCUT2D eigenvalue weighted by molar-refractivity contribution is -0.136. The average Bonchev–Trinajstić information content (AvgIpc) is 2.83. The van der Waals surface area contributed by atoms with Crippen LogP contribution >= 0.6 is 34.8 Å². The van der Waals surface area contributed by atoms with Gasteiger partial charge in [0, 0.05) is 33.2 Å². The largest absolute Gasteiger partial charge is 0.481 e. The number of hydrogen-bond acceptors (Lipinski definition) is 1. The lowest BCUT2D eigenvalue weighted by Gasteiger charge is -2.10. The first-order valence-corrected chi connectivity index (χ1v) is 7.67. The molecule has 0 aliphatic heterocycles. The minimum Gasteiger partial charge on any atom is -0.481 e. The highest BCUT2D eigenvalue weighted by molar-refractivity contribution is 6.41. The van der Waals surface area contributed by atoms with Crippen molar-refractivity contribution in [2.45, 2.75) is 6.42 Å². The molecule has 0 radical (unpaired) electrons. The van der Waals surface area contributed by atoms with Crippen LogP contribution in [-0.2, 0) is 11.2 Å². The zero-order valence-corrected chi connectivity index (χ0v) is 13.7. The quantitative estimate of drug-likeness (QED) is 0.632. The first-order valence-electron chi connectivity index (χ1n) is 6.53. The summed E-state index contributed by atoms with van der Waals surface area (Å²) < 4.78 is 15.0. The summed E-state index contributed by atoms with van der Waals surface area (Å²) in [5, 5.41) is 9.95. The fourth-order valence-corrected chi connectivity index (χ4v) is 3.56. The van der Waals surface area contributed by atoms with Crippen molar-refractivity contribution in [1.82, 2.24) is 4.98 Å². The normalized spacial score (nSPS) is 11.1. The molecular formula is C16H9Cl3FNO2. The smallest absolute Gasteiger partial charge is 0.307 e. The molecule has 118 valence electrons. The number of nitrogens with one attached hydrogen (secondary N) is 1. The van der Waals surface area contributed by atoms with Gasteiger partial charge in [0.2, 0.25) is 0 Å². The molecule has 1 heterocycles. The standard InChI is InChI=1S/C16H9Cl3FNO2/c17-8-4-10(18)15(11(19)5-8)9-1-2-12-14(16(9)20)7(6-21-12)3-13(22)23/h1-2,4-6,21H,3H2,(H,22,23).